The van der Waals surface area contributed by atoms with Crippen molar-refractivity contribution in [2.45, 2.75) is 47.6 Å². The number of hydrogen-bond acceptors (Lipinski definition) is 1. The van der Waals surface area contributed by atoms with Crippen LogP contribution in [0, 0.1) is 0 Å². The standard InChI is InChI=1S/C14H5F17O.Na/c15-7(16,5-1-3-6(32)4-2-5)8(17,18)9(19,20)10(21,22)11(23,24)12(25,26)13(27,28)14(29,30)31;/h1-4,32H;/q;+1/p-1. The smallest absolute Gasteiger partial charge is 0.872 e. The Labute approximate surface area is 192 Å². The average Bonchev–Trinajstić information content (AvgIpc) is 2.60. The molecule has 19 heteroatoms. The predicted molar refractivity (Wildman–Crippen MR) is 65.5 cm³/mol. The van der Waals surface area contributed by atoms with E-state index in [0.717, 1.165) is 0 Å². The summed E-state index contributed by atoms with van der Waals surface area (Å²) in [6.45, 7) is 0. The van der Waals surface area contributed by atoms with Crippen LogP contribution in [0.3, 0.4) is 0 Å². The molecule has 0 unspecified atom stereocenters. The molecule has 0 aliphatic rings. The van der Waals surface area contributed by atoms with Gasteiger partial charge in [-0.1, -0.05) is 24.3 Å². The average molecular weight is 534 g/mol. The molecule has 0 saturated heterocycles. The Morgan fingerprint density at radius 2 is 0.697 bits per heavy atom. The molecule has 0 N–H and O–H groups in total. The van der Waals surface area contributed by atoms with E-state index >= 15 is 0 Å². The van der Waals surface area contributed by atoms with Crippen LogP contribution < -0.4 is 34.7 Å². The van der Waals surface area contributed by atoms with Gasteiger partial charge in [0.1, 0.15) is 0 Å². The quantitative estimate of drug-likeness (QED) is 0.390. The summed E-state index contributed by atoms with van der Waals surface area (Å²) in [5.74, 6) is -58.1. The first-order valence-corrected chi connectivity index (χ1v) is 7.24. The molecule has 0 bridgehead atoms. The van der Waals surface area contributed by atoms with Crippen LogP contribution in [0.15, 0.2) is 24.3 Å². The first-order chi connectivity index (χ1) is 13.7. The Balaban J connectivity index is 0.0000102. The minimum Gasteiger partial charge on any atom is -0.872 e. The van der Waals surface area contributed by atoms with E-state index in [9.17, 15) is 79.7 Å². The molecule has 0 aromatic heterocycles. The number of halogens is 17. The molecular formula is C14H4F17NaO. The maximum Gasteiger partial charge on any atom is 1.00 e. The number of benzene rings is 1. The maximum atomic E-state index is 13.8. The Morgan fingerprint density at radius 1 is 0.424 bits per heavy atom. The van der Waals surface area contributed by atoms with Crippen molar-refractivity contribution in [3.05, 3.63) is 29.8 Å². The third-order valence-electron chi connectivity index (χ3n) is 3.94. The van der Waals surface area contributed by atoms with Gasteiger partial charge in [0.15, 0.2) is 0 Å². The summed E-state index contributed by atoms with van der Waals surface area (Å²) in [6, 6.07) is -0.811. The minimum absolute atomic E-state index is 0. The minimum atomic E-state index is -8.67. The fourth-order valence-electron chi connectivity index (χ4n) is 2.01. The monoisotopic (exact) mass is 534 g/mol. The zero-order valence-corrected chi connectivity index (χ0v) is 17.1. The molecule has 0 aliphatic heterocycles. The van der Waals surface area contributed by atoms with Crippen molar-refractivity contribution in [1.82, 2.24) is 0 Å². The SMILES string of the molecule is [Na+].[O-]c1ccc(C(F)(F)C(F)(F)C(F)(F)C(F)(F)C(F)(F)C(F)(F)C(F)(F)C(F)(F)F)cc1. The van der Waals surface area contributed by atoms with E-state index in [2.05, 4.69) is 0 Å². The van der Waals surface area contributed by atoms with Crippen molar-refractivity contribution in [3.63, 3.8) is 0 Å². The van der Waals surface area contributed by atoms with Crippen LogP contribution in [0.4, 0.5) is 74.6 Å². The van der Waals surface area contributed by atoms with E-state index in [1.165, 1.54) is 0 Å². The van der Waals surface area contributed by atoms with Crippen LogP contribution in [-0.2, 0) is 5.92 Å². The normalized spacial score (nSPS) is 15.3. The fraction of sp³-hybridized carbons (Fsp3) is 0.571. The molecule has 0 radical (unpaired) electrons. The van der Waals surface area contributed by atoms with Gasteiger partial charge in [0, 0.05) is 5.56 Å². The Bertz CT molecular complexity index is 827. The first-order valence-electron chi connectivity index (χ1n) is 7.24. The van der Waals surface area contributed by atoms with Gasteiger partial charge in [-0.15, -0.1) is 5.75 Å². The molecular weight excluding hydrogens is 530 g/mol. The van der Waals surface area contributed by atoms with Crippen molar-refractivity contribution >= 4 is 0 Å². The Kier molecular flexibility index (Phi) is 8.19. The second kappa shape index (κ2) is 8.49. The summed E-state index contributed by atoms with van der Waals surface area (Å²) < 4.78 is 223. The largest absolute Gasteiger partial charge is 1.00 e. The van der Waals surface area contributed by atoms with E-state index in [1.54, 1.807) is 0 Å². The van der Waals surface area contributed by atoms with Crippen molar-refractivity contribution in [3.8, 4) is 5.75 Å². The summed E-state index contributed by atoms with van der Waals surface area (Å²) >= 11 is 0. The summed E-state index contributed by atoms with van der Waals surface area (Å²) in [7, 11) is 0. The topological polar surface area (TPSA) is 23.1 Å². The van der Waals surface area contributed by atoms with E-state index in [1.807, 2.05) is 0 Å². The van der Waals surface area contributed by atoms with Crippen LogP contribution in [-0.4, -0.2) is 41.7 Å². The third-order valence-corrected chi connectivity index (χ3v) is 3.94. The molecule has 0 amide bonds. The van der Waals surface area contributed by atoms with E-state index in [4.69, 9.17) is 0 Å². The van der Waals surface area contributed by atoms with Crippen molar-refractivity contribution in [2.24, 2.45) is 0 Å². The molecule has 186 valence electrons. The van der Waals surface area contributed by atoms with Gasteiger partial charge in [-0.2, -0.15) is 74.6 Å². The van der Waals surface area contributed by atoms with Crippen LogP contribution in [0.1, 0.15) is 5.56 Å². The van der Waals surface area contributed by atoms with Gasteiger partial charge in [-0.3, -0.25) is 0 Å². The van der Waals surface area contributed by atoms with Gasteiger partial charge in [-0.05, 0) is 0 Å². The maximum absolute atomic E-state index is 13.8. The Morgan fingerprint density at radius 3 is 1.00 bits per heavy atom. The zero-order chi connectivity index (χ0) is 26.0. The first kappa shape index (κ1) is 31.8. The fourth-order valence-corrected chi connectivity index (χ4v) is 2.01. The van der Waals surface area contributed by atoms with E-state index in [-0.39, 0.29) is 53.8 Å². The molecule has 1 aromatic carbocycles. The molecule has 33 heavy (non-hydrogen) atoms. The molecule has 0 spiro atoms. The number of alkyl halides is 17. The molecule has 1 rings (SSSR count). The third kappa shape index (κ3) is 4.23. The number of rotatable bonds is 7. The summed E-state index contributed by atoms with van der Waals surface area (Å²) in [5.41, 5.74) is -2.42. The molecule has 0 heterocycles. The second-order valence-corrected chi connectivity index (χ2v) is 6.04. The van der Waals surface area contributed by atoms with Gasteiger partial charge in [0.05, 0.1) is 0 Å². The predicted octanol–water partition coefficient (Wildman–Crippen LogP) is 3.23. The van der Waals surface area contributed by atoms with Crippen LogP contribution in [0.5, 0.6) is 5.75 Å². The Hall–Kier alpha value is -1.17. The van der Waals surface area contributed by atoms with Crippen molar-refractivity contribution in [1.29, 1.82) is 0 Å². The molecule has 1 aromatic rings. The molecule has 0 fully saturated rings. The molecule has 0 atom stereocenters. The second-order valence-electron chi connectivity index (χ2n) is 6.04. The van der Waals surface area contributed by atoms with Gasteiger partial charge in [0.25, 0.3) is 0 Å². The van der Waals surface area contributed by atoms with Gasteiger partial charge < -0.3 is 5.11 Å². The van der Waals surface area contributed by atoms with Gasteiger partial charge in [0.2, 0.25) is 0 Å². The van der Waals surface area contributed by atoms with E-state index in [0.29, 0.717) is 0 Å². The summed E-state index contributed by atoms with van der Waals surface area (Å²) in [5, 5.41) is 10.7. The van der Waals surface area contributed by atoms with Crippen LogP contribution >= 0.6 is 0 Å². The van der Waals surface area contributed by atoms with Gasteiger partial charge in [-0.25, -0.2) is 0 Å². The molecule has 1 nitrogen and oxygen atoms in total. The van der Waals surface area contributed by atoms with Crippen LogP contribution in [0.25, 0.3) is 0 Å². The van der Waals surface area contributed by atoms with Crippen molar-refractivity contribution < 1.29 is 109 Å². The van der Waals surface area contributed by atoms with Crippen molar-refractivity contribution in [2.75, 3.05) is 0 Å². The van der Waals surface area contributed by atoms with Crippen LogP contribution in [0.2, 0.25) is 0 Å². The summed E-state index contributed by atoms with van der Waals surface area (Å²) in [4.78, 5) is 0. The van der Waals surface area contributed by atoms with Gasteiger partial charge >= 0.3 is 77.2 Å². The summed E-state index contributed by atoms with van der Waals surface area (Å²) in [6.07, 6.45) is -7.79. The molecule has 0 saturated carbocycles. The zero-order valence-electron chi connectivity index (χ0n) is 15.1. The molecule has 0 aliphatic carbocycles. The number of hydrogen-bond donors (Lipinski definition) is 0. The van der Waals surface area contributed by atoms with E-state index < -0.39 is 58.9 Å².